The molecule has 1 aliphatic heterocycles. The molecule has 1 aromatic rings. The Morgan fingerprint density at radius 2 is 1.90 bits per heavy atom. The zero-order valence-electron chi connectivity index (χ0n) is 17.2. The van der Waals surface area contributed by atoms with E-state index in [4.69, 9.17) is 14.2 Å². The third-order valence-electron chi connectivity index (χ3n) is 7.18. The van der Waals surface area contributed by atoms with Gasteiger partial charge in [0.15, 0.2) is 0 Å². The summed E-state index contributed by atoms with van der Waals surface area (Å²) in [5, 5.41) is 0. The zero-order valence-corrected chi connectivity index (χ0v) is 17.2. The van der Waals surface area contributed by atoms with Gasteiger partial charge in [-0.2, -0.15) is 0 Å². The van der Waals surface area contributed by atoms with Crippen LogP contribution in [0.4, 0.5) is 0 Å². The number of benzene rings is 1. The molecule has 0 radical (unpaired) electrons. The molecule has 2 fully saturated rings. The van der Waals surface area contributed by atoms with Gasteiger partial charge in [0.1, 0.15) is 28.7 Å². The van der Waals surface area contributed by atoms with Gasteiger partial charge in [0.05, 0.1) is 18.6 Å². The molecule has 0 unspecified atom stereocenters. The highest BCUT2D eigenvalue weighted by Gasteiger charge is 2.73. The predicted octanol–water partition coefficient (Wildman–Crippen LogP) is 3.49. The van der Waals surface area contributed by atoms with E-state index in [1.165, 1.54) is 0 Å². The van der Waals surface area contributed by atoms with Crippen LogP contribution in [0.25, 0.3) is 0 Å². The number of hydrogen-bond acceptors (Lipinski definition) is 6. The molecule has 5 atom stereocenters. The second-order valence-corrected chi connectivity index (χ2v) is 8.60. The molecule has 29 heavy (non-hydrogen) atoms. The number of Topliss-reactive ketones (excluding diaryl/α,β-unsaturated/α-hetero) is 1. The van der Waals surface area contributed by atoms with Crippen LogP contribution in [0.2, 0.25) is 0 Å². The number of esters is 2. The van der Waals surface area contributed by atoms with Crippen molar-refractivity contribution in [2.75, 3.05) is 7.11 Å². The van der Waals surface area contributed by atoms with Gasteiger partial charge in [-0.05, 0) is 57.0 Å². The van der Waals surface area contributed by atoms with Crippen LogP contribution in [0.5, 0.6) is 5.75 Å². The van der Waals surface area contributed by atoms with Crippen molar-refractivity contribution in [3.63, 3.8) is 0 Å². The van der Waals surface area contributed by atoms with E-state index in [0.717, 1.165) is 5.57 Å². The zero-order chi connectivity index (χ0) is 21.0. The smallest absolute Gasteiger partial charge is 0.338 e. The summed E-state index contributed by atoms with van der Waals surface area (Å²) in [6, 6.07) is 6.63. The van der Waals surface area contributed by atoms with Crippen LogP contribution < -0.4 is 4.74 Å². The van der Waals surface area contributed by atoms with Gasteiger partial charge >= 0.3 is 11.9 Å². The van der Waals surface area contributed by atoms with E-state index in [-0.39, 0.29) is 30.0 Å². The molecule has 1 heterocycles. The SMILES string of the molecule is COc1ccc(C(=O)O[C@@H]2C=C(C)CC[C@]34OC(=O)[C@@H](C)[C@H]3CC(=O)[C@]24C)cc1. The summed E-state index contributed by atoms with van der Waals surface area (Å²) >= 11 is 0. The monoisotopic (exact) mass is 398 g/mol. The molecule has 1 aromatic carbocycles. The van der Waals surface area contributed by atoms with Gasteiger partial charge in [-0.1, -0.05) is 12.5 Å². The first-order chi connectivity index (χ1) is 13.7. The Labute approximate surface area is 170 Å². The number of ether oxygens (including phenoxy) is 3. The van der Waals surface area contributed by atoms with E-state index in [0.29, 0.717) is 24.2 Å². The molecular weight excluding hydrogens is 372 g/mol. The van der Waals surface area contributed by atoms with Crippen molar-refractivity contribution in [2.45, 2.75) is 51.7 Å². The predicted molar refractivity (Wildman–Crippen MR) is 104 cm³/mol. The molecule has 0 bridgehead atoms. The Bertz CT molecular complexity index is 900. The van der Waals surface area contributed by atoms with Crippen molar-refractivity contribution in [1.29, 1.82) is 0 Å². The van der Waals surface area contributed by atoms with Crippen LogP contribution in [0.15, 0.2) is 35.9 Å². The summed E-state index contributed by atoms with van der Waals surface area (Å²) in [7, 11) is 1.55. The van der Waals surface area contributed by atoms with Crippen LogP contribution in [-0.4, -0.2) is 36.5 Å². The molecular formula is C23H26O6. The average Bonchev–Trinajstić information content (AvgIpc) is 3.04. The molecule has 154 valence electrons. The van der Waals surface area contributed by atoms with E-state index in [9.17, 15) is 14.4 Å². The average molecular weight is 398 g/mol. The van der Waals surface area contributed by atoms with Crippen molar-refractivity contribution in [2.24, 2.45) is 17.3 Å². The Balaban J connectivity index is 1.71. The van der Waals surface area contributed by atoms with E-state index in [1.54, 1.807) is 38.3 Å². The lowest BCUT2D eigenvalue weighted by atomic mass is 9.67. The Hall–Kier alpha value is -2.63. The third kappa shape index (κ3) is 2.72. The lowest BCUT2D eigenvalue weighted by Gasteiger charge is -2.43. The van der Waals surface area contributed by atoms with Crippen molar-refractivity contribution >= 4 is 17.7 Å². The van der Waals surface area contributed by atoms with Crippen LogP contribution >= 0.6 is 0 Å². The number of allylic oxidation sites excluding steroid dienone is 1. The molecule has 0 aromatic heterocycles. The maximum atomic E-state index is 13.2. The normalized spacial score (nSPS) is 35.9. The summed E-state index contributed by atoms with van der Waals surface area (Å²) < 4.78 is 17.0. The molecule has 1 spiro atoms. The molecule has 4 rings (SSSR count). The van der Waals surface area contributed by atoms with Gasteiger partial charge < -0.3 is 14.2 Å². The highest BCUT2D eigenvalue weighted by molar-refractivity contribution is 5.95. The summed E-state index contributed by atoms with van der Waals surface area (Å²) in [5.41, 5.74) is -0.639. The van der Waals surface area contributed by atoms with Gasteiger partial charge in [-0.25, -0.2) is 4.79 Å². The summed E-state index contributed by atoms with van der Waals surface area (Å²) in [6.45, 7) is 5.57. The Morgan fingerprint density at radius 3 is 2.55 bits per heavy atom. The van der Waals surface area contributed by atoms with Crippen LogP contribution in [-0.2, 0) is 19.1 Å². The van der Waals surface area contributed by atoms with E-state index in [1.807, 2.05) is 19.9 Å². The number of carbonyl (C=O) groups excluding carboxylic acids is 3. The van der Waals surface area contributed by atoms with Crippen LogP contribution in [0.3, 0.4) is 0 Å². The maximum absolute atomic E-state index is 13.2. The molecule has 6 heteroatoms. The van der Waals surface area contributed by atoms with E-state index < -0.39 is 23.1 Å². The quantitative estimate of drug-likeness (QED) is 0.573. The highest BCUT2D eigenvalue weighted by atomic mass is 16.6. The standard InChI is InChI=1S/C23H26O6/c1-13-9-10-23-17(14(2)20(25)29-23)12-18(24)22(23,3)19(11-13)28-21(26)15-5-7-16(27-4)8-6-15/h5-8,11,14,17,19H,9-10,12H2,1-4H3/t14-,17+,19+,22+,23-/m0/s1. The first-order valence-corrected chi connectivity index (χ1v) is 10.0. The molecule has 1 saturated carbocycles. The van der Waals surface area contributed by atoms with Gasteiger partial charge in [0.25, 0.3) is 0 Å². The van der Waals surface area contributed by atoms with Gasteiger partial charge in [-0.3, -0.25) is 9.59 Å². The maximum Gasteiger partial charge on any atom is 0.338 e. The fourth-order valence-corrected chi connectivity index (χ4v) is 5.25. The molecule has 0 amide bonds. The first kappa shape index (κ1) is 19.7. The third-order valence-corrected chi connectivity index (χ3v) is 7.18. The second-order valence-electron chi connectivity index (χ2n) is 8.60. The molecule has 0 N–H and O–H groups in total. The van der Waals surface area contributed by atoms with Crippen molar-refractivity contribution in [1.82, 2.24) is 0 Å². The lowest BCUT2D eigenvalue weighted by molar-refractivity contribution is -0.171. The Morgan fingerprint density at radius 1 is 1.21 bits per heavy atom. The minimum absolute atomic E-state index is 0.0136. The number of ketones is 1. The topological polar surface area (TPSA) is 78.9 Å². The largest absolute Gasteiger partial charge is 0.497 e. The van der Waals surface area contributed by atoms with Crippen molar-refractivity contribution in [3.05, 3.63) is 41.5 Å². The van der Waals surface area contributed by atoms with Gasteiger partial charge in [0.2, 0.25) is 0 Å². The number of methoxy groups -OCH3 is 1. The van der Waals surface area contributed by atoms with E-state index in [2.05, 4.69) is 0 Å². The first-order valence-electron chi connectivity index (χ1n) is 10.0. The van der Waals surface area contributed by atoms with Crippen molar-refractivity contribution < 1.29 is 28.6 Å². The fourth-order valence-electron chi connectivity index (χ4n) is 5.25. The number of hydrogen-bond donors (Lipinski definition) is 0. The van der Waals surface area contributed by atoms with Crippen LogP contribution in [0, 0.1) is 17.3 Å². The summed E-state index contributed by atoms with van der Waals surface area (Å²) in [6.07, 6.45) is 2.58. The number of carbonyl (C=O) groups is 3. The second kappa shape index (κ2) is 6.71. The van der Waals surface area contributed by atoms with Gasteiger partial charge in [-0.15, -0.1) is 0 Å². The molecule has 2 aliphatic carbocycles. The molecule has 1 saturated heterocycles. The summed E-state index contributed by atoms with van der Waals surface area (Å²) in [5.74, 6) is -0.688. The minimum Gasteiger partial charge on any atom is -0.497 e. The van der Waals surface area contributed by atoms with Gasteiger partial charge in [0, 0.05) is 12.3 Å². The highest BCUT2D eigenvalue weighted by Crippen LogP contribution is 2.62. The van der Waals surface area contributed by atoms with E-state index >= 15 is 0 Å². The Kier molecular flexibility index (Phi) is 4.56. The fraction of sp³-hybridized carbons (Fsp3) is 0.522. The molecule has 3 aliphatic rings. The van der Waals surface area contributed by atoms with Crippen LogP contribution in [0.1, 0.15) is 50.4 Å². The van der Waals surface area contributed by atoms with Crippen molar-refractivity contribution in [3.8, 4) is 5.75 Å². The minimum atomic E-state index is -1.10. The molecule has 6 nitrogen and oxygen atoms in total. The summed E-state index contributed by atoms with van der Waals surface area (Å²) in [4.78, 5) is 38.5. The number of rotatable bonds is 3. The lowest BCUT2D eigenvalue weighted by Crippen LogP contribution is -2.55.